The lowest BCUT2D eigenvalue weighted by Crippen LogP contribution is -2.63. The van der Waals surface area contributed by atoms with Crippen LogP contribution in [0.1, 0.15) is 45.4 Å². The third-order valence-electron chi connectivity index (χ3n) is 5.03. The second-order valence-electron chi connectivity index (χ2n) is 6.25. The summed E-state index contributed by atoms with van der Waals surface area (Å²) < 4.78 is 7.58. The Morgan fingerprint density at radius 3 is 2.85 bits per heavy atom. The average Bonchev–Trinajstić information content (AvgIpc) is 2.94. The Bertz CT molecular complexity index is 456. The first kappa shape index (κ1) is 14.6. The lowest BCUT2D eigenvalue weighted by molar-refractivity contribution is -0.0760. The molecular formula is C17H24INO. The van der Waals surface area contributed by atoms with Crippen LogP contribution in [0.5, 0.6) is 5.75 Å². The van der Waals surface area contributed by atoms with E-state index in [0.29, 0.717) is 17.6 Å². The summed E-state index contributed by atoms with van der Waals surface area (Å²) in [4.78, 5) is 0. The first-order valence-corrected chi connectivity index (χ1v) is 8.98. The molecule has 2 fully saturated rings. The highest BCUT2D eigenvalue weighted by Crippen LogP contribution is 2.54. The molecule has 1 aromatic carbocycles. The number of hydrogen-bond donors (Lipinski definition) is 1. The van der Waals surface area contributed by atoms with Gasteiger partial charge in [0.05, 0.1) is 0 Å². The number of rotatable bonds is 5. The van der Waals surface area contributed by atoms with Crippen molar-refractivity contribution < 1.29 is 4.74 Å². The first-order chi connectivity index (χ1) is 9.74. The fourth-order valence-corrected chi connectivity index (χ4v) is 4.44. The van der Waals surface area contributed by atoms with Crippen LogP contribution in [0.15, 0.2) is 24.3 Å². The fourth-order valence-electron chi connectivity index (χ4n) is 3.93. The Hall–Kier alpha value is -0.290. The molecule has 110 valence electrons. The van der Waals surface area contributed by atoms with Crippen LogP contribution in [0.4, 0.5) is 0 Å². The number of hydrogen-bond acceptors (Lipinski definition) is 2. The molecule has 0 aromatic heterocycles. The standard InChI is InChI=1S/C17H24INO/c1-2-10-19-15-12-16(17(15)8-3-4-9-17)20-14-7-5-6-13(18)11-14/h5-7,11,15-16,19H,2-4,8-10,12H2,1H3. The maximum atomic E-state index is 6.33. The highest BCUT2D eigenvalue weighted by Gasteiger charge is 2.57. The Morgan fingerprint density at radius 2 is 2.15 bits per heavy atom. The van der Waals surface area contributed by atoms with E-state index in [1.54, 1.807) is 0 Å². The second kappa shape index (κ2) is 6.22. The summed E-state index contributed by atoms with van der Waals surface area (Å²) in [5.74, 6) is 1.04. The van der Waals surface area contributed by atoms with E-state index >= 15 is 0 Å². The summed E-state index contributed by atoms with van der Waals surface area (Å²) in [5, 5.41) is 3.75. The van der Waals surface area contributed by atoms with Gasteiger partial charge in [-0.2, -0.15) is 0 Å². The summed E-state index contributed by atoms with van der Waals surface area (Å²) in [5.41, 5.74) is 0.413. The Labute approximate surface area is 135 Å². The monoisotopic (exact) mass is 385 g/mol. The molecule has 0 heterocycles. The lowest BCUT2D eigenvalue weighted by atomic mass is 9.60. The van der Waals surface area contributed by atoms with Crippen LogP contribution in [0.2, 0.25) is 0 Å². The lowest BCUT2D eigenvalue weighted by Gasteiger charge is -2.54. The number of benzene rings is 1. The zero-order chi connectivity index (χ0) is 14.0. The molecule has 0 bridgehead atoms. The van der Waals surface area contributed by atoms with Gasteiger partial charge in [0.15, 0.2) is 0 Å². The zero-order valence-electron chi connectivity index (χ0n) is 12.2. The molecule has 0 saturated heterocycles. The summed E-state index contributed by atoms with van der Waals surface area (Å²) >= 11 is 2.35. The van der Waals surface area contributed by atoms with Crippen molar-refractivity contribution in [3.05, 3.63) is 27.8 Å². The molecular weight excluding hydrogens is 361 g/mol. The van der Waals surface area contributed by atoms with Gasteiger partial charge in [-0.05, 0) is 66.6 Å². The molecule has 1 spiro atoms. The molecule has 2 aliphatic rings. The normalized spacial score (nSPS) is 27.5. The Balaban J connectivity index is 1.68. The highest BCUT2D eigenvalue weighted by atomic mass is 127. The van der Waals surface area contributed by atoms with Gasteiger partial charge in [-0.3, -0.25) is 0 Å². The summed E-state index contributed by atoms with van der Waals surface area (Å²) in [6, 6.07) is 9.13. The molecule has 0 radical (unpaired) electrons. The van der Waals surface area contributed by atoms with Crippen molar-refractivity contribution in [1.82, 2.24) is 5.32 Å². The zero-order valence-corrected chi connectivity index (χ0v) is 14.4. The van der Waals surface area contributed by atoms with Crippen LogP contribution >= 0.6 is 22.6 Å². The molecule has 2 unspecified atom stereocenters. The molecule has 1 aromatic rings. The van der Waals surface area contributed by atoms with Crippen molar-refractivity contribution in [2.24, 2.45) is 5.41 Å². The van der Waals surface area contributed by atoms with Gasteiger partial charge in [-0.1, -0.05) is 25.8 Å². The smallest absolute Gasteiger partial charge is 0.120 e. The third kappa shape index (κ3) is 2.71. The molecule has 2 atom stereocenters. The summed E-state index contributed by atoms with van der Waals surface area (Å²) in [6.45, 7) is 3.38. The molecule has 0 amide bonds. The third-order valence-corrected chi connectivity index (χ3v) is 5.71. The summed E-state index contributed by atoms with van der Waals surface area (Å²) in [7, 11) is 0. The molecule has 2 saturated carbocycles. The second-order valence-corrected chi connectivity index (χ2v) is 7.49. The van der Waals surface area contributed by atoms with Gasteiger partial charge in [0.25, 0.3) is 0 Å². The van der Waals surface area contributed by atoms with Crippen molar-refractivity contribution in [1.29, 1.82) is 0 Å². The maximum absolute atomic E-state index is 6.33. The van der Waals surface area contributed by atoms with E-state index in [4.69, 9.17) is 4.74 Å². The highest BCUT2D eigenvalue weighted by molar-refractivity contribution is 14.1. The Morgan fingerprint density at radius 1 is 1.35 bits per heavy atom. The van der Waals surface area contributed by atoms with Crippen LogP contribution in [-0.2, 0) is 0 Å². The molecule has 3 rings (SSSR count). The van der Waals surface area contributed by atoms with Gasteiger partial charge in [-0.25, -0.2) is 0 Å². The topological polar surface area (TPSA) is 21.3 Å². The van der Waals surface area contributed by atoms with Crippen molar-refractivity contribution in [2.45, 2.75) is 57.6 Å². The first-order valence-electron chi connectivity index (χ1n) is 7.90. The molecule has 20 heavy (non-hydrogen) atoms. The van der Waals surface area contributed by atoms with Crippen LogP contribution in [0, 0.1) is 8.99 Å². The minimum Gasteiger partial charge on any atom is -0.490 e. The molecule has 2 nitrogen and oxygen atoms in total. The van der Waals surface area contributed by atoms with Crippen LogP contribution in [0.3, 0.4) is 0 Å². The predicted molar refractivity (Wildman–Crippen MR) is 91.2 cm³/mol. The van der Waals surface area contributed by atoms with Gasteiger partial charge >= 0.3 is 0 Å². The van der Waals surface area contributed by atoms with Crippen LogP contribution < -0.4 is 10.1 Å². The number of halogens is 1. The van der Waals surface area contributed by atoms with Crippen LogP contribution in [-0.4, -0.2) is 18.7 Å². The van der Waals surface area contributed by atoms with Crippen molar-refractivity contribution in [2.75, 3.05) is 6.54 Å². The molecule has 3 heteroatoms. The van der Waals surface area contributed by atoms with E-state index in [2.05, 4.69) is 59.1 Å². The minimum absolute atomic E-state index is 0.413. The summed E-state index contributed by atoms with van der Waals surface area (Å²) in [6.07, 6.45) is 8.22. The average molecular weight is 385 g/mol. The Kier molecular flexibility index (Phi) is 4.55. The molecule has 2 aliphatic carbocycles. The molecule has 0 aliphatic heterocycles. The van der Waals surface area contributed by atoms with E-state index in [9.17, 15) is 0 Å². The number of nitrogens with one attached hydrogen (secondary N) is 1. The van der Waals surface area contributed by atoms with E-state index in [0.717, 1.165) is 12.3 Å². The maximum Gasteiger partial charge on any atom is 0.120 e. The largest absolute Gasteiger partial charge is 0.490 e. The number of ether oxygens (including phenoxy) is 1. The van der Waals surface area contributed by atoms with Crippen molar-refractivity contribution in [3.63, 3.8) is 0 Å². The molecule has 1 N–H and O–H groups in total. The van der Waals surface area contributed by atoms with Gasteiger partial charge in [0.2, 0.25) is 0 Å². The van der Waals surface area contributed by atoms with Crippen molar-refractivity contribution in [3.8, 4) is 5.75 Å². The van der Waals surface area contributed by atoms with E-state index < -0.39 is 0 Å². The fraction of sp³-hybridized carbons (Fsp3) is 0.647. The van der Waals surface area contributed by atoms with E-state index in [1.165, 1.54) is 42.1 Å². The SMILES string of the molecule is CCCNC1CC(Oc2cccc(I)c2)C12CCCC2. The van der Waals surface area contributed by atoms with Gasteiger partial charge in [-0.15, -0.1) is 0 Å². The predicted octanol–water partition coefficient (Wildman–Crippen LogP) is 4.37. The van der Waals surface area contributed by atoms with Crippen LogP contribution in [0.25, 0.3) is 0 Å². The van der Waals surface area contributed by atoms with Gasteiger partial charge in [0, 0.05) is 21.4 Å². The van der Waals surface area contributed by atoms with Gasteiger partial charge < -0.3 is 10.1 Å². The van der Waals surface area contributed by atoms with Crippen molar-refractivity contribution >= 4 is 22.6 Å². The quantitative estimate of drug-likeness (QED) is 0.760. The van der Waals surface area contributed by atoms with E-state index in [1.807, 2.05) is 0 Å². The van der Waals surface area contributed by atoms with E-state index in [-0.39, 0.29) is 0 Å². The van der Waals surface area contributed by atoms with Gasteiger partial charge in [0.1, 0.15) is 11.9 Å². The minimum atomic E-state index is 0.413.